The molecule has 8 nitrogen and oxygen atoms in total. The lowest BCUT2D eigenvalue weighted by Crippen LogP contribution is -2.58. The number of hydrogen-bond donors (Lipinski definition) is 1. The number of rotatable bonds is 5. The summed E-state index contributed by atoms with van der Waals surface area (Å²) in [5, 5.41) is 9.09. The van der Waals surface area contributed by atoms with Crippen molar-refractivity contribution in [1.29, 1.82) is 0 Å². The number of aliphatic hydroxyl groups is 1. The molecule has 8 heteroatoms. The van der Waals surface area contributed by atoms with E-state index in [9.17, 15) is 14.4 Å². The normalized spacial score (nSPS) is 34.9. The first-order chi connectivity index (χ1) is 14.7. The van der Waals surface area contributed by atoms with Crippen molar-refractivity contribution in [2.24, 2.45) is 11.8 Å². The Morgan fingerprint density at radius 3 is 2.61 bits per heavy atom. The summed E-state index contributed by atoms with van der Waals surface area (Å²) in [6.07, 6.45) is 8.70. The fourth-order valence-electron chi connectivity index (χ4n) is 5.38. The summed E-state index contributed by atoms with van der Waals surface area (Å²) in [4.78, 5) is 43.7. The predicted octanol–water partition coefficient (Wildman–Crippen LogP) is 1.04. The van der Waals surface area contributed by atoms with Crippen LogP contribution in [0.2, 0.25) is 0 Å². The van der Waals surface area contributed by atoms with Crippen LogP contribution in [0.4, 0.5) is 0 Å². The number of nitrogens with zero attached hydrogens (tertiary/aromatic N) is 2. The summed E-state index contributed by atoms with van der Waals surface area (Å²) in [6, 6.07) is -0.828. The number of fused-ring (bicyclic) bond motifs is 2. The van der Waals surface area contributed by atoms with Gasteiger partial charge in [0.05, 0.1) is 12.0 Å². The van der Waals surface area contributed by atoms with E-state index in [0.717, 1.165) is 6.42 Å². The molecular weight excluding hydrogens is 400 g/mol. The summed E-state index contributed by atoms with van der Waals surface area (Å²) in [5.41, 5.74) is -1.63. The van der Waals surface area contributed by atoms with E-state index in [1.165, 1.54) is 0 Å². The largest absolute Gasteiger partial charge is 0.461 e. The van der Waals surface area contributed by atoms with Gasteiger partial charge in [0.1, 0.15) is 24.2 Å². The topological polar surface area (TPSA) is 96.4 Å². The molecule has 4 rings (SSSR count). The molecule has 0 bridgehead atoms. The van der Waals surface area contributed by atoms with Crippen LogP contribution in [0.5, 0.6) is 0 Å². The minimum absolute atomic E-state index is 0.0917. The molecule has 4 aliphatic heterocycles. The fourth-order valence-corrected chi connectivity index (χ4v) is 5.38. The number of carbonyl (C=O) groups is 3. The van der Waals surface area contributed by atoms with Gasteiger partial charge < -0.3 is 24.4 Å². The first-order valence-corrected chi connectivity index (χ1v) is 11.1. The van der Waals surface area contributed by atoms with E-state index < -0.39 is 41.1 Å². The average Bonchev–Trinajstić information content (AvgIpc) is 2.98. The number of hydrogen-bond acceptors (Lipinski definition) is 6. The highest BCUT2D eigenvalue weighted by molar-refractivity contribution is 5.99. The van der Waals surface area contributed by atoms with Gasteiger partial charge in [-0.25, -0.2) is 0 Å². The molecule has 31 heavy (non-hydrogen) atoms. The monoisotopic (exact) mass is 432 g/mol. The molecule has 170 valence electrons. The molecule has 1 N–H and O–H groups in total. The van der Waals surface area contributed by atoms with E-state index in [2.05, 4.69) is 0 Å². The smallest absolute Gasteiger partial charge is 0.313 e. The molecule has 0 radical (unpaired) electrons. The number of aliphatic hydroxyl groups excluding tert-OH is 1. The standard InChI is InChI=1S/C23H32N2O6/c1-22(2,3)25-12-8-10-23-17(16-15(31-23)9-7-14-30-21(16)29)19(27)24(18(23)20(25)28)11-5-4-6-13-26/h7-10,15-18,26H,4-6,11-14H2,1-3H3/t15-,16+,17-,18?,23-/m0/s1. The molecular formula is C23H32N2O6. The number of ether oxygens (including phenoxy) is 2. The molecule has 4 aliphatic rings. The van der Waals surface area contributed by atoms with E-state index >= 15 is 0 Å². The Labute approximate surface area is 182 Å². The van der Waals surface area contributed by atoms with Crippen molar-refractivity contribution in [2.75, 3.05) is 26.3 Å². The number of likely N-dealkylation sites (tertiary alicyclic amines) is 1. The molecule has 2 fully saturated rings. The third-order valence-electron chi connectivity index (χ3n) is 6.78. The molecule has 0 aromatic carbocycles. The minimum Gasteiger partial charge on any atom is -0.461 e. The minimum atomic E-state index is -1.19. The number of amides is 2. The van der Waals surface area contributed by atoms with Crippen molar-refractivity contribution in [3.63, 3.8) is 0 Å². The van der Waals surface area contributed by atoms with E-state index in [1.807, 2.05) is 32.9 Å². The van der Waals surface area contributed by atoms with Gasteiger partial charge in [0.25, 0.3) is 0 Å². The summed E-state index contributed by atoms with van der Waals surface area (Å²) in [7, 11) is 0. The van der Waals surface area contributed by atoms with Gasteiger partial charge in [-0.05, 0) is 46.1 Å². The third kappa shape index (κ3) is 3.49. The van der Waals surface area contributed by atoms with Crippen LogP contribution in [-0.4, -0.2) is 82.3 Å². The maximum absolute atomic E-state index is 13.8. The quantitative estimate of drug-likeness (QED) is 0.396. The molecule has 0 aliphatic carbocycles. The number of unbranched alkanes of at least 4 members (excludes halogenated alkanes) is 2. The maximum atomic E-state index is 13.8. The zero-order valence-corrected chi connectivity index (χ0v) is 18.5. The van der Waals surface area contributed by atoms with Crippen LogP contribution in [0.1, 0.15) is 40.0 Å². The predicted molar refractivity (Wildman–Crippen MR) is 112 cm³/mol. The second-order valence-electron chi connectivity index (χ2n) is 9.74. The highest BCUT2D eigenvalue weighted by Crippen LogP contribution is 2.53. The van der Waals surface area contributed by atoms with E-state index in [-0.39, 0.29) is 25.0 Å². The molecule has 2 saturated heterocycles. The Morgan fingerprint density at radius 2 is 1.90 bits per heavy atom. The summed E-state index contributed by atoms with van der Waals surface area (Å²) >= 11 is 0. The molecule has 1 spiro atoms. The molecule has 0 saturated carbocycles. The molecule has 0 aromatic rings. The number of cyclic esters (lactones) is 1. The van der Waals surface area contributed by atoms with Crippen molar-refractivity contribution >= 4 is 17.8 Å². The van der Waals surface area contributed by atoms with Gasteiger partial charge in [0, 0.05) is 25.2 Å². The second kappa shape index (κ2) is 8.06. The third-order valence-corrected chi connectivity index (χ3v) is 6.78. The number of esters is 1. The van der Waals surface area contributed by atoms with Crippen LogP contribution in [0.25, 0.3) is 0 Å². The van der Waals surface area contributed by atoms with Crippen LogP contribution < -0.4 is 0 Å². The first-order valence-electron chi connectivity index (χ1n) is 11.1. The Morgan fingerprint density at radius 1 is 1.13 bits per heavy atom. The molecule has 1 unspecified atom stereocenters. The second-order valence-corrected chi connectivity index (χ2v) is 9.74. The lowest BCUT2D eigenvalue weighted by molar-refractivity contribution is -0.154. The van der Waals surface area contributed by atoms with Crippen LogP contribution in [0.3, 0.4) is 0 Å². The summed E-state index contributed by atoms with van der Waals surface area (Å²) < 4.78 is 11.8. The van der Waals surface area contributed by atoms with Gasteiger partial charge in [-0.3, -0.25) is 14.4 Å². The van der Waals surface area contributed by atoms with Crippen molar-refractivity contribution in [2.45, 2.75) is 63.3 Å². The van der Waals surface area contributed by atoms with Crippen LogP contribution in [0.15, 0.2) is 24.3 Å². The summed E-state index contributed by atoms with van der Waals surface area (Å²) in [6.45, 7) is 6.95. The Hall–Kier alpha value is -2.19. The average molecular weight is 433 g/mol. The lowest BCUT2D eigenvalue weighted by Gasteiger charge is -2.40. The van der Waals surface area contributed by atoms with E-state index in [4.69, 9.17) is 14.6 Å². The van der Waals surface area contributed by atoms with Crippen molar-refractivity contribution in [1.82, 2.24) is 9.80 Å². The highest BCUT2D eigenvalue weighted by Gasteiger charge is 2.72. The number of carbonyl (C=O) groups excluding carboxylic acids is 3. The highest BCUT2D eigenvalue weighted by atomic mass is 16.6. The summed E-state index contributed by atoms with van der Waals surface area (Å²) in [5.74, 6) is -2.42. The van der Waals surface area contributed by atoms with Crippen LogP contribution >= 0.6 is 0 Å². The lowest BCUT2D eigenvalue weighted by atomic mass is 9.78. The Balaban J connectivity index is 1.76. The van der Waals surface area contributed by atoms with E-state index in [0.29, 0.717) is 25.9 Å². The van der Waals surface area contributed by atoms with Crippen molar-refractivity contribution < 1.29 is 29.0 Å². The zero-order chi connectivity index (χ0) is 22.4. The van der Waals surface area contributed by atoms with Crippen molar-refractivity contribution in [3.8, 4) is 0 Å². The molecule has 5 atom stereocenters. The van der Waals surface area contributed by atoms with Crippen molar-refractivity contribution in [3.05, 3.63) is 24.3 Å². The molecule has 0 aromatic heterocycles. The van der Waals surface area contributed by atoms with E-state index in [1.54, 1.807) is 22.0 Å². The Kier molecular flexibility index (Phi) is 5.72. The molecule has 2 amide bonds. The SMILES string of the molecule is CC(C)(C)N1CC=C[C@]23O[C@H]4C=CCOC(=O)[C@H]4[C@H]2C(=O)N(CCCCCO)C3C1=O. The fraction of sp³-hybridized carbons (Fsp3) is 0.696. The van der Waals surface area contributed by atoms with Crippen LogP contribution in [-0.2, 0) is 23.9 Å². The first kappa shape index (κ1) is 22.0. The van der Waals surface area contributed by atoms with Gasteiger partial charge in [-0.15, -0.1) is 0 Å². The van der Waals surface area contributed by atoms with Crippen LogP contribution in [0, 0.1) is 11.8 Å². The maximum Gasteiger partial charge on any atom is 0.313 e. The van der Waals surface area contributed by atoms with Gasteiger partial charge in [0.2, 0.25) is 11.8 Å². The Bertz CT molecular complexity index is 815. The van der Waals surface area contributed by atoms with Gasteiger partial charge in [-0.2, -0.15) is 0 Å². The molecule has 4 heterocycles. The van der Waals surface area contributed by atoms with Gasteiger partial charge >= 0.3 is 5.97 Å². The zero-order valence-electron chi connectivity index (χ0n) is 18.5. The van der Waals surface area contributed by atoms with Gasteiger partial charge in [-0.1, -0.05) is 18.2 Å². The van der Waals surface area contributed by atoms with Gasteiger partial charge in [0.15, 0.2) is 0 Å².